The number of rotatable bonds is 2. The van der Waals surface area contributed by atoms with Crippen LogP contribution >= 0.6 is 11.6 Å². The second kappa shape index (κ2) is 5.91. The molecule has 0 radical (unpaired) electrons. The summed E-state index contributed by atoms with van der Waals surface area (Å²) < 4.78 is 0. The molecule has 0 heterocycles. The van der Waals surface area contributed by atoms with Gasteiger partial charge in [0, 0.05) is 10.4 Å². The van der Waals surface area contributed by atoms with E-state index in [1.54, 1.807) is 0 Å². The monoisotopic (exact) mass is 314 g/mol. The molecule has 0 aromatic heterocycles. The first-order chi connectivity index (χ1) is 11.3. The molecule has 110 valence electrons. The van der Waals surface area contributed by atoms with E-state index < -0.39 is 0 Å². The van der Waals surface area contributed by atoms with Crippen molar-refractivity contribution in [1.82, 2.24) is 0 Å². The van der Waals surface area contributed by atoms with Crippen LogP contribution in [0.3, 0.4) is 0 Å². The summed E-state index contributed by atoms with van der Waals surface area (Å²) in [6.45, 7) is 0. The van der Waals surface area contributed by atoms with Crippen LogP contribution in [0.4, 0.5) is 0 Å². The lowest BCUT2D eigenvalue weighted by Gasteiger charge is -2.15. The lowest BCUT2D eigenvalue weighted by atomic mass is 9.90. The van der Waals surface area contributed by atoms with E-state index in [0.717, 1.165) is 15.8 Å². The Hall–Kier alpha value is -2.57. The fourth-order valence-electron chi connectivity index (χ4n) is 3.10. The van der Waals surface area contributed by atoms with Gasteiger partial charge in [-0.15, -0.1) is 0 Å². The molecule has 0 aliphatic rings. The standard InChI is InChI=1S/C22H15Cl/c23-20-13-7-12-18-14-15-19(16-8-3-1-4-9-16)21(22(18)20)17-10-5-2-6-11-17/h1-15H. The number of halogens is 1. The summed E-state index contributed by atoms with van der Waals surface area (Å²) in [6, 6.07) is 31.4. The molecule has 4 aromatic carbocycles. The maximum atomic E-state index is 6.57. The fourth-order valence-corrected chi connectivity index (χ4v) is 3.37. The van der Waals surface area contributed by atoms with Gasteiger partial charge in [0.05, 0.1) is 0 Å². The topological polar surface area (TPSA) is 0 Å². The Bertz CT molecular complexity index is 957. The van der Waals surface area contributed by atoms with Crippen molar-refractivity contribution in [1.29, 1.82) is 0 Å². The highest BCUT2D eigenvalue weighted by molar-refractivity contribution is 6.37. The fraction of sp³-hybridized carbons (Fsp3) is 0. The van der Waals surface area contributed by atoms with Gasteiger partial charge >= 0.3 is 0 Å². The predicted octanol–water partition coefficient (Wildman–Crippen LogP) is 6.83. The van der Waals surface area contributed by atoms with Crippen LogP contribution in [0.1, 0.15) is 0 Å². The predicted molar refractivity (Wildman–Crippen MR) is 99.8 cm³/mol. The first kappa shape index (κ1) is 14.0. The van der Waals surface area contributed by atoms with E-state index in [2.05, 4.69) is 66.7 Å². The largest absolute Gasteiger partial charge is 0.0836 e. The quantitative estimate of drug-likeness (QED) is 0.380. The second-order valence-electron chi connectivity index (χ2n) is 5.56. The van der Waals surface area contributed by atoms with Gasteiger partial charge in [0.15, 0.2) is 0 Å². The van der Waals surface area contributed by atoms with Crippen molar-refractivity contribution < 1.29 is 0 Å². The molecular formula is C22H15Cl. The zero-order valence-electron chi connectivity index (χ0n) is 12.5. The maximum Gasteiger partial charge on any atom is 0.0490 e. The summed E-state index contributed by atoms with van der Waals surface area (Å²) in [5.41, 5.74) is 4.79. The van der Waals surface area contributed by atoms with Gasteiger partial charge in [-0.2, -0.15) is 0 Å². The first-order valence-corrected chi connectivity index (χ1v) is 8.04. The van der Waals surface area contributed by atoms with Crippen molar-refractivity contribution in [2.75, 3.05) is 0 Å². The van der Waals surface area contributed by atoms with E-state index in [4.69, 9.17) is 11.6 Å². The Morgan fingerprint density at radius 2 is 1.17 bits per heavy atom. The molecule has 0 atom stereocenters. The van der Waals surface area contributed by atoms with Gasteiger partial charge in [-0.1, -0.05) is 96.5 Å². The molecule has 0 fully saturated rings. The van der Waals surface area contributed by atoms with Gasteiger partial charge in [0.25, 0.3) is 0 Å². The van der Waals surface area contributed by atoms with Gasteiger partial charge in [-0.05, 0) is 33.7 Å². The molecule has 0 aliphatic heterocycles. The average molecular weight is 315 g/mol. The third-order valence-corrected chi connectivity index (χ3v) is 4.46. The van der Waals surface area contributed by atoms with Crippen LogP contribution in [-0.4, -0.2) is 0 Å². The normalized spacial score (nSPS) is 10.8. The third-order valence-electron chi connectivity index (χ3n) is 4.14. The van der Waals surface area contributed by atoms with Crippen LogP contribution < -0.4 is 0 Å². The van der Waals surface area contributed by atoms with Crippen LogP contribution in [0.15, 0.2) is 91.0 Å². The lowest BCUT2D eigenvalue weighted by molar-refractivity contribution is 1.61. The Kier molecular flexibility index (Phi) is 3.61. The molecule has 0 N–H and O–H groups in total. The highest BCUT2D eigenvalue weighted by Crippen LogP contribution is 2.40. The summed E-state index contributed by atoms with van der Waals surface area (Å²) in [5.74, 6) is 0. The Balaban J connectivity index is 2.14. The van der Waals surface area contributed by atoms with Crippen molar-refractivity contribution in [3.63, 3.8) is 0 Å². The zero-order chi connectivity index (χ0) is 15.6. The molecule has 0 aliphatic carbocycles. The minimum atomic E-state index is 0.791. The average Bonchev–Trinajstić information content (AvgIpc) is 2.62. The molecule has 0 amide bonds. The second-order valence-corrected chi connectivity index (χ2v) is 5.97. The van der Waals surface area contributed by atoms with E-state index in [1.165, 1.54) is 22.3 Å². The van der Waals surface area contributed by atoms with Crippen molar-refractivity contribution in [3.05, 3.63) is 96.0 Å². The molecule has 4 rings (SSSR count). The van der Waals surface area contributed by atoms with Crippen LogP contribution in [0.25, 0.3) is 33.0 Å². The molecule has 4 aromatic rings. The molecule has 0 spiro atoms. The van der Waals surface area contributed by atoms with Crippen LogP contribution in [0.2, 0.25) is 5.02 Å². The Morgan fingerprint density at radius 1 is 0.522 bits per heavy atom. The third kappa shape index (κ3) is 2.52. The van der Waals surface area contributed by atoms with Crippen LogP contribution in [0, 0.1) is 0 Å². The highest BCUT2D eigenvalue weighted by Gasteiger charge is 2.13. The van der Waals surface area contributed by atoms with Gasteiger partial charge in [-0.25, -0.2) is 0 Å². The smallest absolute Gasteiger partial charge is 0.0490 e. The van der Waals surface area contributed by atoms with Gasteiger partial charge in [-0.3, -0.25) is 0 Å². The summed E-state index contributed by atoms with van der Waals surface area (Å²) in [7, 11) is 0. The van der Waals surface area contributed by atoms with E-state index in [1.807, 2.05) is 24.3 Å². The van der Waals surface area contributed by atoms with Crippen molar-refractivity contribution in [2.45, 2.75) is 0 Å². The van der Waals surface area contributed by atoms with E-state index in [9.17, 15) is 0 Å². The van der Waals surface area contributed by atoms with Gasteiger partial charge in [0.2, 0.25) is 0 Å². The molecule has 0 unspecified atom stereocenters. The Labute approximate surface area is 141 Å². The number of hydrogen-bond donors (Lipinski definition) is 0. The summed E-state index contributed by atoms with van der Waals surface area (Å²) in [4.78, 5) is 0. The summed E-state index contributed by atoms with van der Waals surface area (Å²) in [5, 5.41) is 3.07. The van der Waals surface area contributed by atoms with E-state index in [0.29, 0.717) is 0 Å². The molecule has 0 bridgehead atoms. The Morgan fingerprint density at radius 3 is 1.87 bits per heavy atom. The number of hydrogen-bond acceptors (Lipinski definition) is 0. The van der Waals surface area contributed by atoms with Crippen molar-refractivity contribution in [2.24, 2.45) is 0 Å². The first-order valence-electron chi connectivity index (χ1n) is 7.67. The van der Waals surface area contributed by atoms with E-state index in [-0.39, 0.29) is 0 Å². The molecule has 23 heavy (non-hydrogen) atoms. The van der Waals surface area contributed by atoms with Crippen LogP contribution in [-0.2, 0) is 0 Å². The van der Waals surface area contributed by atoms with E-state index >= 15 is 0 Å². The maximum absolute atomic E-state index is 6.57. The SMILES string of the molecule is Clc1cccc2ccc(-c3ccccc3)c(-c3ccccc3)c12. The molecule has 0 saturated carbocycles. The highest BCUT2D eigenvalue weighted by atomic mass is 35.5. The molecule has 0 saturated heterocycles. The number of fused-ring (bicyclic) bond motifs is 1. The molecule has 0 nitrogen and oxygen atoms in total. The van der Waals surface area contributed by atoms with Crippen molar-refractivity contribution in [3.8, 4) is 22.3 Å². The molecular weight excluding hydrogens is 300 g/mol. The minimum absolute atomic E-state index is 0.791. The summed E-state index contributed by atoms with van der Waals surface area (Å²) in [6.07, 6.45) is 0. The number of benzene rings is 4. The summed E-state index contributed by atoms with van der Waals surface area (Å²) >= 11 is 6.57. The van der Waals surface area contributed by atoms with Crippen molar-refractivity contribution >= 4 is 22.4 Å². The molecule has 1 heteroatoms. The lowest BCUT2D eigenvalue weighted by Crippen LogP contribution is -1.88. The van der Waals surface area contributed by atoms with Gasteiger partial charge in [0.1, 0.15) is 0 Å². The zero-order valence-corrected chi connectivity index (χ0v) is 13.3. The minimum Gasteiger partial charge on any atom is -0.0836 e. The van der Waals surface area contributed by atoms with Crippen LogP contribution in [0.5, 0.6) is 0 Å². The van der Waals surface area contributed by atoms with Gasteiger partial charge < -0.3 is 0 Å².